The molecule has 9 nitrogen and oxygen atoms in total. The van der Waals surface area contributed by atoms with Gasteiger partial charge in [-0.2, -0.15) is 0 Å². The normalized spacial score (nSPS) is 11.6. The fourth-order valence-electron chi connectivity index (χ4n) is 2.87. The van der Waals surface area contributed by atoms with Gasteiger partial charge in [-0.1, -0.05) is 26.8 Å². The Kier molecular flexibility index (Phi) is 7.78. The zero-order chi connectivity index (χ0) is 24.9. The number of rotatable bonds is 8. The molecule has 3 aromatic rings. The van der Waals surface area contributed by atoms with E-state index in [0.717, 1.165) is 10.0 Å². The Morgan fingerprint density at radius 1 is 1.06 bits per heavy atom. The first-order chi connectivity index (χ1) is 16.0. The van der Waals surface area contributed by atoms with Crippen LogP contribution in [0.5, 0.6) is 11.6 Å². The summed E-state index contributed by atoms with van der Waals surface area (Å²) >= 11 is 3.48. The molecule has 1 aromatic heterocycles. The zero-order valence-corrected chi connectivity index (χ0v) is 21.5. The molecule has 2 N–H and O–H groups in total. The lowest BCUT2D eigenvalue weighted by Crippen LogP contribution is -2.20. The number of sulfonamides is 1. The van der Waals surface area contributed by atoms with Gasteiger partial charge in [0.25, 0.3) is 21.8 Å². The van der Waals surface area contributed by atoms with E-state index in [4.69, 9.17) is 9.47 Å². The van der Waals surface area contributed by atoms with Gasteiger partial charge in [-0.15, -0.1) is 0 Å². The van der Waals surface area contributed by atoms with E-state index in [1.165, 1.54) is 43.8 Å². The summed E-state index contributed by atoms with van der Waals surface area (Å²) in [6.45, 7) is 6.13. The van der Waals surface area contributed by atoms with Crippen LogP contribution < -0.4 is 19.5 Å². The van der Waals surface area contributed by atoms with Gasteiger partial charge in [0.15, 0.2) is 6.61 Å². The second kappa shape index (κ2) is 10.4. The molecule has 0 radical (unpaired) electrons. The van der Waals surface area contributed by atoms with E-state index in [0.29, 0.717) is 11.4 Å². The Bertz CT molecular complexity index is 1280. The van der Waals surface area contributed by atoms with Crippen molar-refractivity contribution >= 4 is 43.4 Å². The first-order valence-electron chi connectivity index (χ1n) is 10.2. The number of carbonyl (C=O) groups excluding carboxylic acids is 1. The fourth-order valence-corrected chi connectivity index (χ4v) is 4.37. The largest absolute Gasteiger partial charge is 0.483 e. The quantitative estimate of drug-likeness (QED) is 0.429. The summed E-state index contributed by atoms with van der Waals surface area (Å²) in [5, 5.41) is 2.68. The second-order valence-corrected chi connectivity index (χ2v) is 10.8. The molecule has 1 heterocycles. The summed E-state index contributed by atoms with van der Waals surface area (Å²) in [7, 11) is -2.57. The number of benzene rings is 2. The van der Waals surface area contributed by atoms with E-state index >= 15 is 0 Å². The summed E-state index contributed by atoms with van der Waals surface area (Å²) in [5.41, 5.74) is 1.55. The van der Waals surface area contributed by atoms with Crippen LogP contribution in [0.2, 0.25) is 0 Å². The van der Waals surface area contributed by atoms with Crippen LogP contribution in [0.15, 0.2) is 64.2 Å². The highest BCUT2D eigenvalue weighted by molar-refractivity contribution is 9.10. The number of methoxy groups -OCH3 is 1. The average Bonchev–Trinajstić information content (AvgIpc) is 2.78. The highest BCUT2D eigenvalue weighted by Crippen LogP contribution is 2.31. The van der Waals surface area contributed by atoms with Crippen molar-refractivity contribution in [3.05, 3.63) is 64.9 Å². The van der Waals surface area contributed by atoms with E-state index in [9.17, 15) is 13.2 Å². The van der Waals surface area contributed by atoms with E-state index < -0.39 is 10.0 Å². The molecule has 180 valence electrons. The molecule has 2 aromatic carbocycles. The molecule has 1 amide bonds. The topological polar surface area (TPSA) is 120 Å². The van der Waals surface area contributed by atoms with Crippen LogP contribution in [0.25, 0.3) is 0 Å². The van der Waals surface area contributed by atoms with E-state index in [1.807, 2.05) is 18.2 Å². The van der Waals surface area contributed by atoms with Gasteiger partial charge in [0.1, 0.15) is 5.75 Å². The van der Waals surface area contributed by atoms with Crippen LogP contribution in [-0.4, -0.2) is 38.0 Å². The van der Waals surface area contributed by atoms with Crippen molar-refractivity contribution < 1.29 is 22.7 Å². The van der Waals surface area contributed by atoms with Crippen molar-refractivity contribution in [2.24, 2.45) is 0 Å². The molecule has 0 aliphatic heterocycles. The van der Waals surface area contributed by atoms with Gasteiger partial charge >= 0.3 is 0 Å². The Hall–Kier alpha value is -3.18. The number of anilines is 2. The van der Waals surface area contributed by atoms with Gasteiger partial charge in [0.2, 0.25) is 5.82 Å². The Morgan fingerprint density at radius 3 is 2.35 bits per heavy atom. The van der Waals surface area contributed by atoms with E-state index in [-0.39, 0.29) is 34.5 Å². The Labute approximate surface area is 207 Å². The fraction of sp³-hybridized carbons (Fsp3) is 0.261. The molecule has 0 fully saturated rings. The first-order valence-corrected chi connectivity index (χ1v) is 12.5. The molecule has 3 rings (SSSR count). The van der Waals surface area contributed by atoms with Crippen LogP contribution in [-0.2, 0) is 20.2 Å². The van der Waals surface area contributed by atoms with Crippen LogP contribution in [0.1, 0.15) is 26.3 Å². The van der Waals surface area contributed by atoms with Crippen LogP contribution in [0.4, 0.5) is 11.5 Å². The van der Waals surface area contributed by atoms with Crippen LogP contribution in [0, 0.1) is 0 Å². The number of halogens is 1. The predicted molar refractivity (Wildman–Crippen MR) is 133 cm³/mol. The summed E-state index contributed by atoms with van der Waals surface area (Å²) in [6.07, 6.45) is 2.73. The van der Waals surface area contributed by atoms with E-state index in [2.05, 4.69) is 56.7 Å². The number of nitrogens with zero attached hydrogens (tertiary/aromatic N) is 2. The van der Waals surface area contributed by atoms with Crippen molar-refractivity contribution in [2.45, 2.75) is 31.1 Å². The minimum atomic E-state index is -3.93. The molecule has 0 saturated heterocycles. The number of nitrogens with one attached hydrogen (secondary N) is 2. The highest BCUT2D eigenvalue weighted by atomic mass is 79.9. The molecule has 0 atom stereocenters. The third-order valence-electron chi connectivity index (χ3n) is 4.69. The molecular weight excluding hydrogens is 524 g/mol. The molecular formula is C23H25BrN4O5S. The van der Waals surface area contributed by atoms with Gasteiger partial charge < -0.3 is 14.8 Å². The number of hydrogen-bond acceptors (Lipinski definition) is 7. The smallest absolute Gasteiger partial charge is 0.263 e. The highest BCUT2D eigenvalue weighted by Gasteiger charge is 2.19. The number of amides is 1. The van der Waals surface area contributed by atoms with Crippen molar-refractivity contribution in [2.75, 3.05) is 23.8 Å². The third-order valence-corrected chi connectivity index (χ3v) is 6.67. The SMILES string of the molecule is COc1nccnc1NS(=O)(=O)c1ccc(NC(=O)COc2ccc(C(C)(C)C)cc2Br)cc1. The number of hydrogen-bond donors (Lipinski definition) is 2. The van der Waals surface area contributed by atoms with Gasteiger partial charge in [0, 0.05) is 18.1 Å². The van der Waals surface area contributed by atoms with Crippen LogP contribution >= 0.6 is 15.9 Å². The first kappa shape index (κ1) is 25.4. The lowest BCUT2D eigenvalue weighted by atomic mass is 9.87. The van der Waals surface area contributed by atoms with Gasteiger partial charge in [0.05, 0.1) is 16.5 Å². The Balaban J connectivity index is 1.60. The molecule has 0 aliphatic rings. The molecule has 0 aliphatic carbocycles. The Morgan fingerprint density at radius 2 is 1.74 bits per heavy atom. The maximum absolute atomic E-state index is 12.6. The minimum absolute atomic E-state index is 0.00580. The average molecular weight is 549 g/mol. The van der Waals surface area contributed by atoms with Crippen molar-refractivity contribution in [1.82, 2.24) is 9.97 Å². The van der Waals surface area contributed by atoms with E-state index in [1.54, 1.807) is 0 Å². The van der Waals surface area contributed by atoms with Crippen molar-refractivity contribution in [3.8, 4) is 11.6 Å². The standard InChI is InChI=1S/C23H25BrN4O5S/c1-23(2,3)15-5-10-19(18(24)13-15)33-14-20(29)27-16-6-8-17(9-7-16)34(30,31)28-21-22(32-4)26-12-11-25-21/h5-13H,14H2,1-4H3,(H,25,28)(H,27,29). The monoisotopic (exact) mass is 548 g/mol. The molecule has 0 unspecified atom stereocenters. The molecule has 34 heavy (non-hydrogen) atoms. The van der Waals surface area contributed by atoms with Gasteiger partial charge in [-0.3, -0.25) is 9.52 Å². The van der Waals surface area contributed by atoms with Crippen molar-refractivity contribution in [3.63, 3.8) is 0 Å². The molecule has 0 bridgehead atoms. The maximum Gasteiger partial charge on any atom is 0.263 e. The number of aromatic nitrogens is 2. The molecule has 0 saturated carbocycles. The predicted octanol–water partition coefficient (Wildman–Crippen LogP) is 4.36. The maximum atomic E-state index is 12.6. The molecule has 11 heteroatoms. The lowest BCUT2D eigenvalue weighted by Gasteiger charge is -2.20. The third kappa shape index (κ3) is 6.45. The molecule has 0 spiro atoms. The number of ether oxygens (including phenoxy) is 2. The summed E-state index contributed by atoms with van der Waals surface area (Å²) in [6, 6.07) is 11.4. The van der Waals surface area contributed by atoms with Gasteiger partial charge in [-0.25, -0.2) is 18.4 Å². The summed E-state index contributed by atoms with van der Waals surface area (Å²) < 4.78 is 39.0. The zero-order valence-electron chi connectivity index (χ0n) is 19.1. The minimum Gasteiger partial charge on any atom is -0.483 e. The van der Waals surface area contributed by atoms with Crippen molar-refractivity contribution in [1.29, 1.82) is 0 Å². The van der Waals surface area contributed by atoms with Gasteiger partial charge in [-0.05, 0) is 63.3 Å². The summed E-state index contributed by atoms with van der Waals surface area (Å²) in [5.74, 6) is 0.191. The lowest BCUT2D eigenvalue weighted by molar-refractivity contribution is -0.118. The second-order valence-electron chi connectivity index (χ2n) is 8.28. The summed E-state index contributed by atoms with van der Waals surface area (Å²) in [4.78, 5) is 20.1. The van der Waals surface area contributed by atoms with Crippen LogP contribution in [0.3, 0.4) is 0 Å². The number of carbonyl (C=O) groups is 1.